The molecule has 1 heterocycles. The number of carboxylic acid groups (broad SMARTS) is 1. The second kappa shape index (κ2) is 4.06. The Morgan fingerprint density at radius 1 is 1.67 bits per heavy atom. The molecule has 0 unspecified atom stereocenters. The van der Waals surface area contributed by atoms with Crippen molar-refractivity contribution in [3.63, 3.8) is 0 Å². The molecule has 1 fully saturated rings. The van der Waals surface area contributed by atoms with Crippen LogP contribution in [-0.4, -0.2) is 22.7 Å². The molecule has 1 aromatic heterocycles. The van der Waals surface area contributed by atoms with Gasteiger partial charge in [-0.05, 0) is 18.8 Å². The Morgan fingerprint density at radius 3 is 3.00 bits per heavy atom. The molecule has 0 saturated heterocycles. The zero-order valence-corrected chi connectivity index (χ0v) is 8.70. The first-order chi connectivity index (χ1) is 7.16. The highest BCUT2D eigenvalue weighted by atomic mass is 35.5. The van der Waals surface area contributed by atoms with E-state index in [1.807, 2.05) is 0 Å². The van der Waals surface area contributed by atoms with E-state index < -0.39 is 5.97 Å². The SMILES string of the molecule is O=C(O)c1cc(OCC2CC2)c(Cl)cn1. The molecule has 15 heavy (non-hydrogen) atoms. The van der Waals surface area contributed by atoms with Crippen LogP contribution in [0, 0.1) is 5.92 Å². The van der Waals surface area contributed by atoms with E-state index >= 15 is 0 Å². The summed E-state index contributed by atoms with van der Waals surface area (Å²) < 4.78 is 5.42. The number of carbonyl (C=O) groups is 1. The van der Waals surface area contributed by atoms with Gasteiger partial charge >= 0.3 is 5.97 Å². The highest BCUT2D eigenvalue weighted by Crippen LogP contribution is 2.31. The van der Waals surface area contributed by atoms with Crippen molar-refractivity contribution < 1.29 is 14.6 Å². The molecule has 0 amide bonds. The van der Waals surface area contributed by atoms with Gasteiger partial charge in [0.05, 0.1) is 12.8 Å². The van der Waals surface area contributed by atoms with Gasteiger partial charge in [-0.25, -0.2) is 9.78 Å². The summed E-state index contributed by atoms with van der Waals surface area (Å²) in [5.74, 6) is -0.0820. The van der Waals surface area contributed by atoms with Crippen LogP contribution in [0.25, 0.3) is 0 Å². The van der Waals surface area contributed by atoms with E-state index in [1.165, 1.54) is 25.1 Å². The number of carboxylic acids is 1. The summed E-state index contributed by atoms with van der Waals surface area (Å²) in [4.78, 5) is 14.3. The maximum atomic E-state index is 10.7. The average Bonchev–Trinajstić information content (AvgIpc) is 3.00. The van der Waals surface area contributed by atoms with Crippen molar-refractivity contribution in [3.8, 4) is 5.75 Å². The number of pyridine rings is 1. The summed E-state index contributed by atoms with van der Waals surface area (Å²) in [7, 11) is 0. The lowest BCUT2D eigenvalue weighted by Gasteiger charge is -2.07. The minimum absolute atomic E-state index is 0.0507. The van der Waals surface area contributed by atoms with Gasteiger partial charge in [0, 0.05) is 6.07 Å². The van der Waals surface area contributed by atoms with Gasteiger partial charge in [0.25, 0.3) is 0 Å². The van der Waals surface area contributed by atoms with Crippen molar-refractivity contribution in [2.75, 3.05) is 6.61 Å². The largest absolute Gasteiger partial charge is 0.492 e. The normalized spacial score (nSPS) is 15.0. The van der Waals surface area contributed by atoms with Gasteiger partial charge in [-0.3, -0.25) is 0 Å². The number of rotatable bonds is 4. The third-order valence-electron chi connectivity index (χ3n) is 2.21. The van der Waals surface area contributed by atoms with Crippen molar-refractivity contribution in [1.82, 2.24) is 4.98 Å². The topological polar surface area (TPSA) is 59.4 Å². The standard InChI is InChI=1S/C10H10ClNO3/c11-7-4-12-8(10(13)14)3-9(7)15-5-6-1-2-6/h3-4,6H,1-2,5H2,(H,13,14). The molecular formula is C10H10ClNO3. The summed E-state index contributed by atoms with van der Waals surface area (Å²) in [6, 6.07) is 1.35. The lowest BCUT2D eigenvalue weighted by molar-refractivity contribution is 0.0690. The Hall–Kier alpha value is -1.29. The molecule has 0 radical (unpaired) electrons. The fourth-order valence-electron chi connectivity index (χ4n) is 1.14. The molecule has 1 aromatic rings. The maximum absolute atomic E-state index is 10.7. The highest BCUT2D eigenvalue weighted by Gasteiger charge is 2.22. The zero-order chi connectivity index (χ0) is 10.8. The molecule has 0 bridgehead atoms. The Labute approximate surface area is 91.8 Å². The highest BCUT2D eigenvalue weighted by molar-refractivity contribution is 6.32. The van der Waals surface area contributed by atoms with E-state index in [0.29, 0.717) is 23.3 Å². The summed E-state index contributed by atoms with van der Waals surface area (Å²) in [5, 5.41) is 9.08. The molecule has 1 aliphatic rings. The third-order valence-corrected chi connectivity index (χ3v) is 2.49. The van der Waals surface area contributed by atoms with Crippen LogP contribution in [0.2, 0.25) is 5.02 Å². The number of halogens is 1. The Kier molecular flexibility index (Phi) is 2.77. The van der Waals surface area contributed by atoms with Crippen molar-refractivity contribution >= 4 is 17.6 Å². The average molecular weight is 228 g/mol. The van der Waals surface area contributed by atoms with Gasteiger partial charge in [-0.2, -0.15) is 0 Å². The molecule has 1 aliphatic carbocycles. The second-order valence-corrected chi connectivity index (χ2v) is 3.97. The number of aromatic carboxylic acids is 1. The van der Waals surface area contributed by atoms with E-state index in [1.54, 1.807) is 0 Å². The Bertz CT molecular complexity index is 390. The first-order valence-electron chi connectivity index (χ1n) is 4.68. The molecule has 0 aromatic carbocycles. The van der Waals surface area contributed by atoms with E-state index in [0.717, 1.165) is 0 Å². The monoisotopic (exact) mass is 227 g/mol. The van der Waals surface area contributed by atoms with Crippen LogP contribution in [0.5, 0.6) is 5.75 Å². The van der Waals surface area contributed by atoms with Crippen LogP contribution in [0.1, 0.15) is 23.3 Å². The van der Waals surface area contributed by atoms with E-state index in [4.69, 9.17) is 21.4 Å². The molecule has 0 aliphatic heterocycles. The van der Waals surface area contributed by atoms with Crippen LogP contribution in [0.15, 0.2) is 12.3 Å². The minimum atomic E-state index is -1.08. The van der Waals surface area contributed by atoms with Crippen LogP contribution < -0.4 is 4.74 Å². The van der Waals surface area contributed by atoms with Gasteiger partial charge in [-0.1, -0.05) is 11.6 Å². The number of ether oxygens (including phenoxy) is 1. The quantitative estimate of drug-likeness (QED) is 0.857. The van der Waals surface area contributed by atoms with E-state index in [2.05, 4.69) is 4.98 Å². The molecule has 80 valence electrons. The lowest BCUT2D eigenvalue weighted by Crippen LogP contribution is -2.04. The smallest absolute Gasteiger partial charge is 0.354 e. The van der Waals surface area contributed by atoms with Crippen molar-refractivity contribution in [2.45, 2.75) is 12.8 Å². The fourth-order valence-corrected chi connectivity index (χ4v) is 1.30. The molecule has 2 rings (SSSR count). The number of hydrogen-bond donors (Lipinski definition) is 1. The number of aromatic nitrogens is 1. The molecule has 4 nitrogen and oxygen atoms in total. The van der Waals surface area contributed by atoms with Crippen molar-refractivity contribution in [1.29, 1.82) is 0 Å². The predicted molar refractivity (Wildman–Crippen MR) is 54.4 cm³/mol. The van der Waals surface area contributed by atoms with Crippen LogP contribution in [-0.2, 0) is 0 Å². The number of nitrogens with zero attached hydrogens (tertiary/aromatic N) is 1. The minimum Gasteiger partial charge on any atom is -0.492 e. The second-order valence-electron chi connectivity index (χ2n) is 3.56. The van der Waals surface area contributed by atoms with Crippen LogP contribution in [0.3, 0.4) is 0 Å². The first-order valence-corrected chi connectivity index (χ1v) is 5.06. The Balaban J connectivity index is 2.12. The molecule has 1 saturated carbocycles. The maximum Gasteiger partial charge on any atom is 0.354 e. The van der Waals surface area contributed by atoms with E-state index in [-0.39, 0.29) is 5.69 Å². The van der Waals surface area contributed by atoms with Crippen LogP contribution >= 0.6 is 11.6 Å². The lowest BCUT2D eigenvalue weighted by atomic mass is 10.3. The third kappa shape index (κ3) is 2.59. The summed E-state index contributed by atoms with van der Waals surface area (Å²) >= 11 is 5.82. The van der Waals surface area contributed by atoms with Crippen molar-refractivity contribution in [2.24, 2.45) is 5.92 Å². The predicted octanol–water partition coefficient (Wildman–Crippen LogP) is 2.22. The molecule has 5 heteroatoms. The molecule has 1 N–H and O–H groups in total. The van der Waals surface area contributed by atoms with Gasteiger partial charge in [0.15, 0.2) is 5.69 Å². The summed E-state index contributed by atoms with van der Waals surface area (Å²) in [6.07, 6.45) is 3.65. The van der Waals surface area contributed by atoms with Gasteiger partial charge in [0.2, 0.25) is 0 Å². The fraction of sp³-hybridized carbons (Fsp3) is 0.400. The van der Waals surface area contributed by atoms with E-state index in [9.17, 15) is 4.79 Å². The summed E-state index contributed by atoms with van der Waals surface area (Å²) in [5.41, 5.74) is -0.0507. The molecule has 0 spiro atoms. The zero-order valence-electron chi connectivity index (χ0n) is 7.94. The van der Waals surface area contributed by atoms with Gasteiger partial charge in [0.1, 0.15) is 10.8 Å². The van der Waals surface area contributed by atoms with Crippen LogP contribution in [0.4, 0.5) is 0 Å². The molecular weight excluding hydrogens is 218 g/mol. The molecule has 0 atom stereocenters. The van der Waals surface area contributed by atoms with Crippen molar-refractivity contribution in [3.05, 3.63) is 23.0 Å². The van der Waals surface area contributed by atoms with Gasteiger partial charge < -0.3 is 9.84 Å². The van der Waals surface area contributed by atoms with Gasteiger partial charge in [-0.15, -0.1) is 0 Å². The first kappa shape index (κ1) is 10.2. The number of hydrogen-bond acceptors (Lipinski definition) is 3. The Morgan fingerprint density at radius 2 is 2.40 bits per heavy atom. The summed E-state index contributed by atoms with van der Waals surface area (Å²) in [6.45, 7) is 0.600.